The lowest BCUT2D eigenvalue weighted by Crippen LogP contribution is -2.39. The van der Waals surface area contributed by atoms with Crippen LogP contribution in [0.4, 0.5) is 24.7 Å². The van der Waals surface area contributed by atoms with Gasteiger partial charge in [0, 0.05) is 26.2 Å². The molecule has 9 nitrogen and oxygen atoms in total. The van der Waals surface area contributed by atoms with Crippen LogP contribution >= 0.6 is 0 Å². The van der Waals surface area contributed by atoms with Gasteiger partial charge in [-0.3, -0.25) is 10.1 Å². The predicted molar refractivity (Wildman–Crippen MR) is 87.7 cm³/mol. The minimum absolute atomic E-state index is 0.00624. The maximum atomic E-state index is 12.8. The van der Waals surface area contributed by atoms with Crippen molar-refractivity contribution < 1.29 is 22.8 Å². The van der Waals surface area contributed by atoms with Crippen LogP contribution in [0.5, 0.6) is 11.8 Å². The molecule has 1 fully saturated rings. The summed E-state index contributed by atoms with van der Waals surface area (Å²) in [5.74, 6) is -1.51. The first-order valence-electron chi connectivity index (χ1n) is 8.16. The van der Waals surface area contributed by atoms with Crippen LogP contribution in [-0.2, 0) is 7.05 Å². The van der Waals surface area contributed by atoms with E-state index in [1.807, 2.05) is 0 Å². The molecule has 0 amide bonds. The molecule has 2 aromatic heterocycles. The highest BCUT2D eigenvalue weighted by atomic mass is 19.4. The summed E-state index contributed by atoms with van der Waals surface area (Å²) < 4.78 is 45.5. The van der Waals surface area contributed by atoms with Crippen LogP contribution in [-0.4, -0.2) is 43.9 Å². The summed E-state index contributed by atoms with van der Waals surface area (Å²) in [4.78, 5) is 20.1. The van der Waals surface area contributed by atoms with Crippen molar-refractivity contribution in [1.82, 2.24) is 19.7 Å². The summed E-state index contributed by atoms with van der Waals surface area (Å²) in [7, 11) is 1.61. The lowest BCUT2D eigenvalue weighted by atomic mass is 9.96. The number of hydrogen-bond acceptors (Lipinski definition) is 7. The molecule has 0 unspecified atom stereocenters. The fraction of sp³-hybridized carbons (Fsp3) is 0.533. The van der Waals surface area contributed by atoms with Gasteiger partial charge in [0.25, 0.3) is 0 Å². The third-order valence-electron chi connectivity index (χ3n) is 4.37. The molecule has 0 saturated carbocycles. The summed E-state index contributed by atoms with van der Waals surface area (Å²) in [6.07, 6.45) is -3.48. The number of rotatable bonds is 4. The molecule has 0 radical (unpaired) electrons. The highest BCUT2D eigenvalue weighted by Gasteiger charge is 2.42. The van der Waals surface area contributed by atoms with Crippen molar-refractivity contribution >= 4 is 11.5 Å². The molecule has 0 aliphatic carbocycles. The Hall–Kier alpha value is -2.92. The Bertz CT molecular complexity index is 846. The maximum Gasteiger partial charge on any atom is 0.391 e. The third-order valence-corrected chi connectivity index (χ3v) is 4.37. The molecule has 0 N–H and O–H groups in total. The summed E-state index contributed by atoms with van der Waals surface area (Å²) in [5, 5.41) is 15.7. The second kappa shape index (κ2) is 7.00. The van der Waals surface area contributed by atoms with E-state index in [0.29, 0.717) is 5.69 Å². The minimum Gasteiger partial charge on any atom is -0.415 e. The Morgan fingerprint density at radius 2 is 1.96 bits per heavy atom. The van der Waals surface area contributed by atoms with E-state index >= 15 is 0 Å². The van der Waals surface area contributed by atoms with Crippen molar-refractivity contribution in [2.24, 2.45) is 13.0 Å². The fourth-order valence-electron chi connectivity index (χ4n) is 3.02. The summed E-state index contributed by atoms with van der Waals surface area (Å²) >= 11 is 0. The van der Waals surface area contributed by atoms with E-state index < -0.39 is 22.7 Å². The number of anilines is 1. The monoisotopic (exact) mass is 386 g/mol. The van der Waals surface area contributed by atoms with E-state index in [2.05, 4.69) is 15.1 Å². The predicted octanol–water partition coefficient (Wildman–Crippen LogP) is 3.00. The minimum atomic E-state index is -4.27. The molecule has 0 aromatic carbocycles. The van der Waals surface area contributed by atoms with Gasteiger partial charge in [-0.1, -0.05) is 0 Å². The Morgan fingerprint density at radius 1 is 1.30 bits per heavy atom. The normalized spacial score (nSPS) is 15.8. The topological polar surface area (TPSA) is 99.2 Å². The zero-order valence-corrected chi connectivity index (χ0v) is 14.6. The maximum absolute atomic E-state index is 12.8. The van der Waals surface area contributed by atoms with Gasteiger partial charge in [-0.05, 0) is 19.8 Å². The van der Waals surface area contributed by atoms with Gasteiger partial charge in [0.15, 0.2) is 0 Å². The van der Waals surface area contributed by atoms with Gasteiger partial charge < -0.3 is 9.64 Å². The molecule has 2 aromatic rings. The van der Waals surface area contributed by atoms with Crippen LogP contribution in [0, 0.1) is 23.0 Å². The first kappa shape index (κ1) is 18.9. The molecule has 0 bridgehead atoms. The molecule has 0 atom stereocenters. The third kappa shape index (κ3) is 3.93. The van der Waals surface area contributed by atoms with Crippen LogP contribution in [0.1, 0.15) is 18.5 Å². The Labute approximate surface area is 151 Å². The number of halogens is 3. The standard InChI is InChI=1S/C15H17F3N6O3/c1-9-7-11(22(2)21-9)27-14-12(24(25)26)13(19-8-20-14)23-5-3-10(4-6-23)15(16,17)18/h7-8,10H,3-6H2,1-2H3. The van der Waals surface area contributed by atoms with Gasteiger partial charge in [0.05, 0.1) is 16.5 Å². The van der Waals surface area contributed by atoms with Crippen LogP contribution < -0.4 is 9.64 Å². The van der Waals surface area contributed by atoms with Crippen molar-refractivity contribution in [3.63, 3.8) is 0 Å². The molecule has 3 rings (SSSR count). The SMILES string of the molecule is Cc1cc(Oc2ncnc(N3CCC(C(F)(F)F)CC3)c2[N+](=O)[O-])n(C)n1. The van der Waals surface area contributed by atoms with E-state index in [9.17, 15) is 23.3 Å². The van der Waals surface area contributed by atoms with Gasteiger partial charge in [-0.2, -0.15) is 23.3 Å². The van der Waals surface area contributed by atoms with Gasteiger partial charge >= 0.3 is 17.7 Å². The number of ether oxygens (including phenoxy) is 1. The van der Waals surface area contributed by atoms with Crippen molar-refractivity contribution in [3.05, 3.63) is 28.2 Å². The lowest BCUT2D eigenvalue weighted by molar-refractivity contribution is -0.385. The van der Waals surface area contributed by atoms with E-state index in [-0.39, 0.29) is 43.5 Å². The molecule has 3 heterocycles. The molecule has 12 heteroatoms. The molecule has 1 saturated heterocycles. The number of aryl methyl sites for hydroxylation is 2. The van der Waals surface area contributed by atoms with Crippen LogP contribution in [0.15, 0.2) is 12.4 Å². The van der Waals surface area contributed by atoms with Crippen molar-refractivity contribution in [2.45, 2.75) is 25.9 Å². The highest BCUT2D eigenvalue weighted by Crippen LogP contribution is 2.40. The Balaban J connectivity index is 1.88. The molecular weight excluding hydrogens is 369 g/mol. The van der Waals surface area contributed by atoms with Gasteiger partial charge in [-0.15, -0.1) is 0 Å². The van der Waals surface area contributed by atoms with Crippen molar-refractivity contribution in [2.75, 3.05) is 18.0 Å². The first-order valence-corrected chi connectivity index (χ1v) is 8.16. The van der Waals surface area contributed by atoms with E-state index in [1.165, 1.54) is 9.58 Å². The number of alkyl halides is 3. The number of hydrogen-bond donors (Lipinski definition) is 0. The smallest absolute Gasteiger partial charge is 0.391 e. The van der Waals surface area contributed by atoms with Crippen LogP contribution in [0.25, 0.3) is 0 Å². The number of piperidine rings is 1. The second-order valence-corrected chi connectivity index (χ2v) is 6.26. The van der Waals surface area contributed by atoms with Gasteiger partial charge in [0.1, 0.15) is 6.33 Å². The van der Waals surface area contributed by atoms with Gasteiger partial charge in [0.2, 0.25) is 11.7 Å². The summed E-state index contributed by atoms with van der Waals surface area (Å²) in [6.45, 7) is 1.75. The summed E-state index contributed by atoms with van der Waals surface area (Å²) in [5.41, 5.74) is 0.167. The molecule has 0 spiro atoms. The zero-order chi connectivity index (χ0) is 19.8. The molecule has 1 aliphatic heterocycles. The quantitative estimate of drug-likeness (QED) is 0.588. The van der Waals surface area contributed by atoms with E-state index in [0.717, 1.165) is 6.33 Å². The Kier molecular flexibility index (Phi) is 4.89. The number of aromatic nitrogens is 4. The lowest BCUT2D eigenvalue weighted by Gasteiger charge is -2.33. The molecule has 27 heavy (non-hydrogen) atoms. The second-order valence-electron chi connectivity index (χ2n) is 6.26. The molecule has 146 valence electrons. The highest BCUT2D eigenvalue weighted by molar-refractivity contribution is 5.63. The van der Waals surface area contributed by atoms with Crippen LogP contribution in [0.3, 0.4) is 0 Å². The largest absolute Gasteiger partial charge is 0.415 e. The summed E-state index contributed by atoms with van der Waals surface area (Å²) in [6, 6.07) is 1.58. The van der Waals surface area contributed by atoms with Crippen LogP contribution in [0.2, 0.25) is 0 Å². The molecule has 1 aliphatic rings. The number of nitrogens with zero attached hydrogens (tertiary/aromatic N) is 6. The first-order chi connectivity index (χ1) is 12.7. The molecular formula is C15H17F3N6O3. The van der Waals surface area contributed by atoms with Crippen molar-refractivity contribution in [3.8, 4) is 11.8 Å². The van der Waals surface area contributed by atoms with E-state index in [4.69, 9.17) is 4.74 Å². The fourth-order valence-corrected chi connectivity index (χ4v) is 3.02. The Morgan fingerprint density at radius 3 is 2.48 bits per heavy atom. The van der Waals surface area contributed by atoms with E-state index in [1.54, 1.807) is 20.0 Å². The zero-order valence-electron chi connectivity index (χ0n) is 14.6. The average molecular weight is 386 g/mol. The van der Waals surface area contributed by atoms with Crippen molar-refractivity contribution in [1.29, 1.82) is 0 Å². The average Bonchev–Trinajstić information content (AvgIpc) is 2.91. The van der Waals surface area contributed by atoms with Gasteiger partial charge in [-0.25, -0.2) is 9.67 Å². The number of nitro groups is 1.